The van der Waals surface area contributed by atoms with E-state index in [4.69, 9.17) is 10.6 Å². The number of hydrogen-bond donors (Lipinski definition) is 7. The molecule has 24 nitrogen and oxygen atoms in total. The molecule has 0 radical (unpaired) electrons. The quantitative estimate of drug-likeness (QED) is 0.0538. The summed E-state index contributed by atoms with van der Waals surface area (Å²) in [5.41, 5.74) is 0.672. The first-order valence-electron chi connectivity index (χ1n) is 14.4. The van der Waals surface area contributed by atoms with Crippen molar-refractivity contribution in [2.75, 3.05) is 31.9 Å². The molecule has 0 aromatic carbocycles. The molecule has 0 aliphatic carbocycles. The number of pyridine rings is 1. The zero-order valence-corrected chi connectivity index (χ0v) is 28.0. The maximum absolute atomic E-state index is 13.3. The summed E-state index contributed by atoms with van der Waals surface area (Å²) in [6.45, 7) is 1.99. The largest absolute Gasteiger partial charge is 0.503 e. The number of carboxylic acids is 1. The second-order valence-electron chi connectivity index (χ2n) is 11.2. The lowest BCUT2D eigenvalue weighted by Crippen LogP contribution is -2.68. The molecule has 8 N–H and O–H groups in total. The number of carboxylic acid groups (broad SMARTS) is 1. The molecular formula is C25H28N12O12S2. The van der Waals surface area contributed by atoms with Crippen LogP contribution in [0.4, 0.5) is 14.7 Å². The lowest BCUT2D eigenvalue weighted by Gasteiger charge is -2.36. The van der Waals surface area contributed by atoms with Crippen molar-refractivity contribution < 1.29 is 47.4 Å². The van der Waals surface area contributed by atoms with Crippen molar-refractivity contribution >= 4 is 62.2 Å². The third kappa shape index (κ3) is 7.34. The number of nitrogens with two attached hydrogens (primary N) is 1. The first-order valence-corrected chi connectivity index (χ1v) is 16.8. The highest BCUT2D eigenvalue weighted by atomic mass is 32.2. The maximum Gasteiger partial charge on any atom is 0.362 e. The average Bonchev–Trinajstić information content (AvgIpc) is 3.77. The predicted octanol–water partition coefficient (Wildman–Crippen LogP) is -3.42. The van der Waals surface area contributed by atoms with Gasteiger partial charge in [-0.3, -0.25) is 23.9 Å². The first-order chi connectivity index (χ1) is 23.9. The van der Waals surface area contributed by atoms with Gasteiger partial charge in [-0.05, 0) is 13.8 Å². The molecule has 6 amide bonds. The number of H-pyrrole nitrogens is 1. The van der Waals surface area contributed by atoms with E-state index in [9.17, 15) is 52.2 Å². The molecule has 3 aromatic rings. The van der Waals surface area contributed by atoms with Crippen molar-refractivity contribution in [3.8, 4) is 17.3 Å². The van der Waals surface area contributed by atoms with Gasteiger partial charge in [0.05, 0.1) is 12.2 Å². The molecule has 2 aliphatic rings. The lowest BCUT2D eigenvalue weighted by atomic mass is 10.1. The fourth-order valence-electron chi connectivity index (χ4n) is 4.42. The first kappa shape index (κ1) is 36.0. The topological polar surface area (TPSA) is 336 Å². The number of aliphatic carboxylic acids is 1. The molecule has 272 valence electrons. The number of amides is 6. The van der Waals surface area contributed by atoms with Crippen LogP contribution in [0.3, 0.4) is 0 Å². The maximum atomic E-state index is 13.3. The van der Waals surface area contributed by atoms with E-state index in [-0.39, 0.29) is 40.2 Å². The summed E-state index contributed by atoms with van der Waals surface area (Å²) in [7, 11) is -5.17. The molecule has 1 atom stereocenters. The highest BCUT2D eigenvalue weighted by Crippen LogP contribution is 2.18. The van der Waals surface area contributed by atoms with Crippen molar-refractivity contribution in [3.05, 3.63) is 44.0 Å². The molecule has 0 bridgehead atoms. The number of rotatable bonds is 12. The number of hydrogen-bond acceptors (Lipinski definition) is 16. The molecule has 2 saturated heterocycles. The van der Waals surface area contributed by atoms with E-state index in [1.54, 1.807) is 0 Å². The highest BCUT2D eigenvalue weighted by molar-refractivity contribution is 7.88. The molecule has 3 aromatic heterocycles. The average molecular weight is 753 g/mol. The number of aromatic amines is 1. The van der Waals surface area contributed by atoms with Crippen LogP contribution in [-0.2, 0) is 36.0 Å². The van der Waals surface area contributed by atoms with Gasteiger partial charge in [-0.1, -0.05) is 9.24 Å². The minimum Gasteiger partial charge on any atom is -0.503 e. The van der Waals surface area contributed by atoms with E-state index in [1.807, 2.05) is 0 Å². The van der Waals surface area contributed by atoms with Crippen LogP contribution in [0.5, 0.6) is 5.75 Å². The fourth-order valence-corrected chi connectivity index (χ4v) is 5.88. The number of aromatic hydroxyl groups is 1. The molecular weight excluding hydrogens is 724 g/mol. The monoisotopic (exact) mass is 752 g/mol. The summed E-state index contributed by atoms with van der Waals surface area (Å²) in [6, 6.07) is -2.50. The number of nitrogens with zero attached hydrogens (tertiary/aromatic N) is 7. The van der Waals surface area contributed by atoms with Gasteiger partial charge in [0.2, 0.25) is 11.0 Å². The summed E-state index contributed by atoms with van der Waals surface area (Å²) in [4.78, 5) is 101. The van der Waals surface area contributed by atoms with Crippen molar-refractivity contribution in [1.82, 2.24) is 48.9 Å². The van der Waals surface area contributed by atoms with Gasteiger partial charge in [0, 0.05) is 43.8 Å². The Hall–Kier alpha value is -6.31. The Morgan fingerprint density at radius 1 is 1.22 bits per heavy atom. The van der Waals surface area contributed by atoms with E-state index in [0.717, 1.165) is 42.0 Å². The summed E-state index contributed by atoms with van der Waals surface area (Å²) in [5, 5.41) is 32.4. The van der Waals surface area contributed by atoms with E-state index in [2.05, 4.69) is 30.9 Å². The fraction of sp³-hybridized carbons (Fsp3) is 0.360. The second-order valence-corrected chi connectivity index (χ2v) is 13.6. The van der Waals surface area contributed by atoms with Crippen molar-refractivity contribution in [1.29, 1.82) is 0 Å². The summed E-state index contributed by atoms with van der Waals surface area (Å²) < 4.78 is 28.7. The predicted molar refractivity (Wildman–Crippen MR) is 172 cm³/mol. The van der Waals surface area contributed by atoms with Crippen LogP contribution >= 0.6 is 11.3 Å². The Balaban J connectivity index is 1.32. The molecule has 5 rings (SSSR count). The minimum atomic E-state index is -5.17. The number of likely N-dealkylation sites (tertiary alicyclic amines) is 1. The summed E-state index contributed by atoms with van der Waals surface area (Å²) in [6.07, 6.45) is 0.880. The summed E-state index contributed by atoms with van der Waals surface area (Å²) >= 11 is 0.923. The molecule has 0 unspecified atom stereocenters. The normalized spacial score (nSPS) is 16.4. The van der Waals surface area contributed by atoms with Crippen LogP contribution < -0.4 is 32.2 Å². The highest BCUT2D eigenvalue weighted by Gasteiger charge is 2.44. The lowest BCUT2D eigenvalue weighted by molar-refractivity contribution is -0.161. The third-order valence-electron chi connectivity index (χ3n) is 7.29. The number of oxime groups is 1. The van der Waals surface area contributed by atoms with Crippen molar-refractivity contribution in [3.63, 3.8) is 0 Å². The number of anilines is 1. The molecule has 2 fully saturated rings. The van der Waals surface area contributed by atoms with Crippen molar-refractivity contribution in [2.24, 2.45) is 5.16 Å². The van der Waals surface area contributed by atoms with Gasteiger partial charge >= 0.3 is 33.9 Å². The van der Waals surface area contributed by atoms with Gasteiger partial charge in [-0.15, -0.1) is 16.4 Å². The summed E-state index contributed by atoms with van der Waals surface area (Å²) in [5.74, 6) is -4.65. The van der Waals surface area contributed by atoms with Gasteiger partial charge in [0.25, 0.3) is 11.8 Å². The SMILES string of the molecule is CC(C)(O/N=C(\C(=O)N[C@H]1CN(C(=O)NS(=O)(=O)n2nc(-c3cc(=O)c(O)c[nH]3)n(CCN3CCNC3=O)c2=O)C1=O)c1csc(N)n1)C(=O)O. The molecule has 26 heteroatoms. The van der Waals surface area contributed by atoms with Crippen LogP contribution in [0.25, 0.3) is 11.5 Å². The Bertz CT molecular complexity index is 2200. The number of carbonyl (C=O) groups excluding carboxylic acids is 4. The van der Waals surface area contributed by atoms with Gasteiger partial charge < -0.3 is 41.3 Å². The number of aromatic nitrogens is 5. The third-order valence-corrected chi connectivity index (χ3v) is 9.09. The molecule has 51 heavy (non-hydrogen) atoms. The van der Waals surface area contributed by atoms with Crippen LogP contribution in [-0.4, -0.2) is 126 Å². The zero-order chi connectivity index (χ0) is 37.4. The molecule has 0 spiro atoms. The molecule has 0 saturated carbocycles. The molecule has 5 heterocycles. The van der Waals surface area contributed by atoms with E-state index >= 15 is 0 Å². The van der Waals surface area contributed by atoms with Crippen LogP contribution in [0.2, 0.25) is 0 Å². The zero-order valence-electron chi connectivity index (χ0n) is 26.3. The smallest absolute Gasteiger partial charge is 0.362 e. The second kappa shape index (κ2) is 13.5. The van der Waals surface area contributed by atoms with E-state index in [1.165, 1.54) is 15.0 Å². The van der Waals surface area contributed by atoms with Crippen LogP contribution in [0.15, 0.2) is 32.4 Å². The number of carbonyl (C=O) groups is 5. The Morgan fingerprint density at radius 3 is 2.53 bits per heavy atom. The molecule has 2 aliphatic heterocycles. The number of nitrogen functional groups attached to an aromatic ring is 1. The van der Waals surface area contributed by atoms with Gasteiger partial charge in [0.1, 0.15) is 11.7 Å². The Morgan fingerprint density at radius 2 is 1.94 bits per heavy atom. The number of nitrogens with one attached hydrogen (secondary N) is 4. The number of thiazole rings is 1. The Labute approximate surface area is 288 Å². The van der Waals surface area contributed by atoms with Crippen molar-refractivity contribution in [2.45, 2.75) is 32.0 Å². The minimum absolute atomic E-state index is 0.0261. The van der Waals surface area contributed by atoms with Crippen LogP contribution in [0, 0.1) is 0 Å². The van der Waals surface area contributed by atoms with Crippen LogP contribution in [0.1, 0.15) is 19.5 Å². The number of urea groups is 2. The number of β-lactam (4-membered cyclic amide) rings is 1. The Kier molecular flexibility index (Phi) is 9.55. The standard InChI is InChI=1S/C25H28N12O12S2/c1-25(2,20(42)43)49-32-16(13-10-50-21(26)30-13)18(40)29-12-9-36(19(12)41)23(45)33-51(47,48)37-24(46)35(6-5-34-4-3-27-22(34)44)17(31-37)11-7-14(38)15(39)8-28-11/h7-8,10,12,39H,3-6,9H2,1-2H3,(H2,26,30)(H,27,44)(H,28,38)(H,29,40)(H,33,45)(H,42,43)/b32-16-/t12-/m0/s1. The number of imide groups is 1. The van der Waals surface area contributed by atoms with Gasteiger partial charge in [-0.25, -0.2) is 28.9 Å². The van der Waals surface area contributed by atoms with E-state index in [0.29, 0.717) is 11.4 Å². The van der Waals surface area contributed by atoms with Gasteiger partial charge in [-0.2, -0.15) is 8.42 Å². The van der Waals surface area contributed by atoms with Gasteiger partial charge in [0.15, 0.2) is 22.4 Å². The van der Waals surface area contributed by atoms with E-state index < -0.39 is 86.6 Å².